The van der Waals surface area contributed by atoms with E-state index in [4.69, 9.17) is 4.55 Å². The normalized spacial score (nSPS) is 15.8. The Morgan fingerprint density at radius 2 is 1.47 bits per heavy atom. The predicted octanol–water partition coefficient (Wildman–Crippen LogP) is 2.83. The number of benzene rings is 2. The van der Waals surface area contributed by atoms with Gasteiger partial charge in [-0.15, -0.1) is 0 Å². The molecule has 158 valence electrons. The van der Waals surface area contributed by atoms with Gasteiger partial charge < -0.3 is 4.74 Å². The van der Waals surface area contributed by atoms with Crippen molar-refractivity contribution in [3.05, 3.63) is 70.3 Å². The van der Waals surface area contributed by atoms with E-state index in [1.165, 1.54) is 18.2 Å². The molecule has 0 spiro atoms. The fourth-order valence-electron chi connectivity index (χ4n) is 3.01. The molecule has 1 N–H and O–H groups in total. The SMILES string of the molecule is CC(CS(=O)(=O)O)(OC(=O)c1ccc2c(c1)C(=O)c1ccccc1C2=O)C(F)(F)F. The number of ketones is 2. The van der Waals surface area contributed by atoms with Gasteiger partial charge in [-0.3, -0.25) is 14.1 Å². The summed E-state index contributed by atoms with van der Waals surface area (Å²) in [7, 11) is -5.15. The number of halogens is 3. The van der Waals surface area contributed by atoms with E-state index < -0.39 is 50.7 Å². The Morgan fingerprint density at radius 1 is 0.967 bits per heavy atom. The largest absolute Gasteiger partial charge is 0.445 e. The van der Waals surface area contributed by atoms with Crippen LogP contribution in [0.1, 0.15) is 49.1 Å². The van der Waals surface area contributed by atoms with E-state index >= 15 is 0 Å². The van der Waals surface area contributed by atoms with Crippen LogP contribution in [0.25, 0.3) is 0 Å². The topological polar surface area (TPSA) is 115 Å². The number of alkyl halides is 3. The van der Waals surface area contributed by atoms with Crippen molar-refractivity contribution in [1.82, 2.24) is 0 Å². The van der Waals surface area contributed by atoms with Crippen molar-refractivity contribution in [2.45, 2.75) is 18.7 Å². The molecule has 0 radical (unpaired) electrons. The first-order valence-corrected chi connectivity index (χ1v) is 9.92. The summed E-state index contributed by atoms with van der Waals surface area (Å²) in [6, 6.07) is 8.95. The highest BCUT2D eigenvalue weighted by atomic mass is 32.2. The molecule has 0 amide bonds. The quantitative estimate of drug-likeness (QED) is 0.488. The van der Waals surface area contributed by atoms with Crippen LogP contribution < -0.4 is 0 Å². The maximum Gasteiger partial charge on any atom is 0.429 e. The molecule has 7 nitrogen and oxygen atoms in total. The van der Waals surface area contributed by atoms with Crippen LogP contribution in [0, 0.1) is 0 Å². The van der Waals surface area contributed by atoms with Crippen molar-refractivity contribution in [1.29, 1.82) is 0 Å². The van der Waals surface area contributed by atoms with Crippen LogP contribution in [-0.2, 0) is 14.9 Å². The molecule has 1 aliphatic carbocycles. The van der Waals surface area contributed by atoms with Gasteiger partial charge in [0.05, 0.1) is 5.56 Å². The summed E-state index contributed by atoms with van der Waals surface area (Å²) >= 11 is 0. The van der Waals surface area contributed by atoms with E-state index in [1.807, 2.05) is 0 Å². The summed E-state index contributed by atoms with van der Waals surface area (Å²) < 4.78 is 75.1. The molecular weight excluding hydrogens is 429 g/mol. The minimum atomic E-state index is -5.32. The first-order chi connectivity index (χ1) is 13.7. The zero-order valence-corrected chi connectivity index (χ0v) is 16.0. The summed E-state index contributed by atoms with van der Waals surface area (Å²) in [4.78, 5) is 37.5. The lowest BCUT2D eigenvalue weighted by atomic mass is 9.83. The van der Waals surface area contributed by atoms with Gasteiger partial charge in [-0.1, -0.05) is 24.3 Å². The number of carbonyl (C=O) groups excluding carboxylic acids is 3. The molecule has 0 fully saturated rings. The molecule has 0 bridgehead atoms. The summed E-state index contributed by atoms with van der Waals surface area (Å²) in [6.07, 6.45) is -5.32. The summed E-state index contributed by atoms with van der Waals surface area (Å²) in [5.41, 5.74) is -4.04. The van der Waals surface area contributed by atoms with Crippen LogP contribution in [0.4, 0.5) is 13.2 Å². The Kier molecular flexibility index (Phi) is 5.07. The minimum Gasteiger partial charge on any atom is -0.445 e. The van der Waals surface area contributed by atoms with E-state index in [2.05, 4.69) is 4.74 Å². The van der Waals surface area contributed by atoms with Gasteiger partial charge >= 0.3 is 12.1 Å². The van der Waals surface area contributed by atoms with Gasteiger partial charge in [0.15, 0.2) is 11.6 Å². The molecule has 2 aromatic carbocycles. The Balaban J connectivity index is 1.99. The van der Waals surface area contributed by atoms with Gasteiger partial charge in [-0.2, -0.15) is 21.6 Å². The lowest BCUT2D eigenvalue weighted by Gasteiger charge is -2.30. The van der Waals surface area contributed by atoms with Crippen molar-refractivity contribution < 1.29 is 45.3 Å². The third-order valence-electron chi connectivity index (χ3n) is 4.54. The maximum atomic E-state index is 13.3. The van der Waals surface area contributed by atoms with E-state index in [0.717, 1.165) is 18.2 Å². The monoisotopic (exact) mass is 442 g/mol. The van der Waals surface area contributed by atoms with Gasteiger partial charge in [0.2, 0.25) is 5.60 Å². The molecular formula is C19H13F3O7S. The summed E-state index contributed by atoms with van der Waals surface area (Å²) in [5, 5.41) is 0. The number of carbonyl (C=O) groups is 3. The van der Waals surface area contributed by atoms with E-state index in [9.17, 15) is 36.0 Å². The Labute approximate surface area is 168 Å². The number of rotatable bonds is 4. The predicted molar refractivity (Wildman–Crippen MR) is 96.0 cm³/mol. The first-order valence-electron chi connectivity index (χ1n) is 8.31. The fraction of sp³-hybridized carbons (Fsp3) is 0.211. The minimum absolute atomic E-state index is 0.0354. The lowest BCUT2D eigenvalue weighted by Crippen LogP contribution is -2.51. The zero-order valence-electron chi connectivity index (χ0n) is 15.2. The first kappa shape index (κ1) is 21.7. The third kappa shape index (κ3) is 3.85. The summed E-state index contributed by atoms with van der Waals surface area (Å²) in [6.45, 7) is 0.294. The molecule has 0 aromatic heterocycles. The zero-order chi connectivity index (χ0) is 22.5. The van der Waals surface area contributed by atoms with Gasteiger partial charge in [0, 0.05) is 22.3 Å². The molecule has 0 aliphatic heterocycles. The molecule has 0 saturated heterocycles. The van der Waals surface area contributed by atoms with Crippen LogP contribution >= 0.6 is 0 Å². The van der Waals surface area contributed by atoms with Crippen molar-refractivity contribution >= 4 is 27.7 Å². The second-order valence-corrected chi connectivity index (χ2v) is 8.26. The van der Waals surface area contributed by atoms with Crippen LogP contribution in [0.3, 0.4) is 0 Å². The van der Waals surface area contributed by atoms with E-state index in [-0.39, 0.29) is 22.3 Å². The number of ether oxygens (including phenoxy) is 1. The van der Waals surface area contributed by atoms with Gasteiger partial charge in [-0.25, -0.2) is 4.79 Å². The van der Waals surface area contributed by atoms with Crippen LogP contribution in [0.15, 0.2) is 42.5 Å². The molecule has 1 unspecified atom stereocenters. The average Bonchev–Trinajstić information content (AvgIpc) is 2.63. The summed E-state index contributed by atoms with van der Waals surface area (Å²) in [5.74, 6) is -4.59. The van der Waals surface area contributed by atoms with Crippen molar-refractivity contribution in [3.8, 4) is 0 Å². The van der Waals surface area contributed by atoms with Crippen LogP contribution in [0.5, 0.6) is 0 Å². The Hall–Kier alpha value is -3.05. The van der Waals surface area contributed by atoms with Crippen LogP contribution in [-0.4, -0.2) is 48.0 Å². The molecule has 3 rings (SSSR count). The van der Waals surface area contributed by atoms with E-state index in [0.29, 0.717) is 6.92 Å². The molecule has 1 atom stereocenters. The fourth-order valence-corrected chi connectivity index (χ4v) is 3.93. The number of esters is 1. The maximum absolute atomic E-state index is 13.3. The second kappa shape index (κ2) is 7.03. The second-order valence-electron chi connectivity index (χ2n) is 6.81. The van der Waals surface area contributed by atoms with E-state index in [1.54, 1.807) is 6.07 Å². The van der Waals surface area contributed by atoms with Crippen molar-refractivity contribution in [3.63, 3.8) is 0 Å². The smallest absolute Gasteiger partial charge is 0.429 e. The number of fused-ring (bicyclic) bond motifs is 2. The Morgan fingerprint density at radius 3 is 1.97 bits per heavy atom. The van der Waals surface area contributed by atoms with Gasteiger partial charge in [0.25, 0.3) is 10.1 Å². The highest BCUT2D eigenvalue weighted by Gasteiger charge is 2.57. The molecule has 0 heterocycles. The van der Waals surface area contributed by atoms with Crippen molar-refractivity contribution in [2.24, 2.45) is 0 Å². The van der Waals surface area contributed by atoms with Crippen LogP contribution in [0.2, 0.25) is 0 Å². The number of hydrogen-bond donors (Lipinski definition) is 1. The standard InChI is InChI=1S/C19H13F3O7S/c1-18(19(20,21)22,9-30(26,27)28)29-17(25)10-6-7-13-14(8-10)16(24)12-5-3-2-4-11(12)15(13)23/h2-8H,9H2,1H3,(H,26,27,28). The molecule has 2 aromatic rings. The highest BCUT2D eigenvalue weighted by Crippen LogP contribution is 2.36. The van der Waals surface area contributed by atoms with Crippen molar-refractivity contribution in [2.75, 3.05) is 5.75 Å². The molecule has 0 saturated carbocycles. The van der Waals surface area contributed by atoms with Gasteiger partial charge in [-0.05, 0) is 25.1 Å². The molecule has 11 heteroatoms. The molecule has 1 aliphatic rings. The number of hydrogen-bond acceptors (Lipinski definition) is 6. The molecule has 30 heavy (non-hydrogen) atoms. The Bertz CT molecular complexity index is 1180. The highest BCUT2D eigenvalue weighted by molar-refractivity contribution is 7.85. The third-order valence-corrected chi connectivity index (χ3v) is 5.45. The van der Waals surface area contributed by atoms with Gasteiger partial charge in [0.1, 0.15) is 5.75 Å². The lowest BCUT2D eigenvalue weighted by molar-refractivity contribution is -0.243. The average molecular weight is 442 g/mol.